The van der Waals surface area contributed by atoms with E-state index >= 15 is 0 Å². The molecule has 1 saturated carbocycles. The van der Waals surface area contributed by atoms with Crippen molar-refractivity contribution < 1.29 is 13.2 Å². The zero-order valence-electron chi connectivity index (χ0n) is 12.3. The van der Waals surface area contributed by atoms with Gasteiger partial charge in [0.2, 0.25) is 0 Å². The molecule has 0 heterocycles. The molecule has 0 bridgehead atoms. The van der Waals surface area contributed by atoms with Crippen molar-refractivity contribution in [3.05, 3.63) is 0 Å². The molecule has 19 heavy (non-hydrogen) atoms. The molecule has 0 saturated heterocycles. The molecule has 0 radical (unpaired) electrons. The van der Waals surface area contributed by atoms with Gasteiger partial charge in [-0.3, -0.25) is 0 Å². The average molecular weight is 280 g/mol. The topological polar surface area (TPSA) is 15.3 Å². The van der Waals surface area contributed by atoms with Crippen LogP contribution in [0.1, 0.15) is 39.5 Å². The number of hydrogen-bond acceptors (Lipinski definition) is 2. The number of likely N-dealkylation sites (N-methyl/N-ethyl adjacent to an activating group) is 1. The van der Waals surface area contributed by atoms with Crippen LogP contribution >= 0.6 is 0 Å². The summed E-state index contributed by atoms with van der Waals surface area (Å²) in [6, 6.07) is 0.482. The van der Waals surface area contributed by atoms with Crippen LogP contribution in [0.5, 0.6) is 0 Å². The molecular formula is C14H27F3N2. The number of nitrogens with one attached hydrogen (secondary N) is 1. The van der Waals surface area contributed by atoms with E-state index in [1.165, 1.54) is 0 Å². The number of nitrogens with zero attached hydrogens (tertiary/aromatic N) is 1. The predicted octanol–water partition coefficient (Wildman–Crippen LogP) is 3.28. The van der Waals surface area contributed by atoms with Crippen molar-refractivity contribution >= 4 is 0 Å². The van der Waals surface area contributed by atoms with E-state index in [0.29, 0.717) is 37.6 Å². The fourth-order valence-corrected chi connectivity index (χ4v) is 2.75. The van der Waals surface area contributed by atoms with Gasteiger partial charge in [0.1, 0.15) is 0 Å². The SMILES string of the molecule is CC(C)NCCN(C)CC1CCC(C(F)(F)F)CC1. The predicted molar refractivity (Wildman–Crippen MR) is 72.1 cm³/mol. The van der Waals surface area contributed by atoms with E-state index in [1.54, 1.807) is 0 Å². The van der Waals surface area contributed by atoms with Gasteiger partial charge in [0.25, 0.3) is 0 Å². The summed E-state index contributed by atoms with van der Waals surface area (Å²) in [5.74, 6) is -0.626. The molecule has 1 aliphatic carbocycles. The summed E-state index contributed by atoms with van der Waals surface area (Å²) in [5.41, 5.74) is 0. The second-order valence-corrected chi connectivity index (χ2v) is 6.13. The lowest BCUT2D eigenvalue weighted by Crippen LogP contribution is -2.37. The van der Waals surface area contributed by atoms with E-state index in [4.69, 9.17) is 0 Å². The number of rotatable bonds is 6. The summed E-state index contributed by atoms with van der Waals surface area (Å²) in [6.45, 7) is 7.03. The summed E-state index contributed by atoms with van der Waals surface area (Å²) in [6.07, 6.45) is -1.94. The van der Waals surface area contributed by atoms with E-state index in [-0.39, 0.29) is 0 Å². The lowest BCUT2D eigenvalue weighted by Gasteiger charge is -2.32. The van der Waals surface area contributed by atoms with Crippen LogP contribution in [-0.4, -0.2) is 43.8 Å². The van der Waals surface area contributed by atoms with E-state index < -0.39 is 12.1 Å². The Morgan fingerprint density at radius 1 is 1.16 bits per heavy atom. The minimum Gasteiger partial charge on any atom is -0.313 e. The highest BCUT2D eigenvalue weighted by atomic mass is 19.4. The Morgan fingerprint density at radius 3 is 2.21 bits per heavy atom. The second kappa shape index (κ2) is 7.48. The first-order valence-electron chi connectivity index (χ1n) is 7.27. The van der Waals surface area contributed by atoms with Gasteiger partial charge in [-0.15, -0.1) is 0 Å². The van der Waals surface area contributed by atoms with Crippen molar-refractivity contribution in [1.82, 2.24) is 10.2 Å². The zero-order chi connectivity index (χ0) is 14.5. The Bertz CT molecular complexity index is 246. The molecule has 2 nitrogen and oxygen atoms in total. The molecule has 1 rings (SSSR count). The molecule has 1 fully saturated rings. The highest BCUT2D eigenvalue weighted by Gasteiger charge is 2.41. The van der Waals surface area contributed by atoms with Gasteiger partial charge in [0.05, 0.1) is 5.92 Å². The van der Waals surface area contributed by atoms with Gasteiger partial charge >= 0.3 is 6.18 Å². The fraction of sp³-hybridized carbons (Fsp3) is 1.00. The van der Waals surface area contributed by atoms with Crippen molar-refractivity contribution in [1.29, 1.82) is 0 Å². The van der Waals surface area contributed by atoms with Gasteiger partial charge in [0.15, 0.2) is 0 Å². The minimum absolute atomic E-state index is 0.312. The van der Waals surface area contributed by atoms with Gasteiger partial charge in [0, 0.05) is 25.7 Å². The molecule has 0 amide bonds. The summed E-state index contributed by atoms with van der Waals surface area (Å²) >= 11 is 0. The van der Waals surface area contributed by atoms with Crippen LogP contribution in [0.2, 0.25) is 0 Å². The van der Waals surface area contributed by atoms with Crippen LogP contribution in [0, 0.1) is 11.8 Å². The van der Waals surface area contributed by atoms with Crippen molar-refractivity contribution in [2.24, 2.45) is 11.8 Å². The van der Waals surface area contributed by atoms with Crippen LogP contribution in [0.25, 0.3) is 0 Å². The maximum absolute atomic E-state index is 12.6. The summed E-state index contributed by atoms with van der Waals surface area (Å²) < 4.78 is 37.7. The van der Waals surface area contributed by atoms with Gasteiger partial charge in [-0.25, -0.2) is 0 Å². The summed E-state index contributed by atoms with van der Waals surface area (Å²) in [7, 11) is 2.05. The Kier molecular flexibility index (Phi) is 6.60. The molecule has 5 heteroatoms. The highest BCUT2D eigenvalue weighted by Crippen LogP contribution is 2.39. The van der Waals surface area contributed by atoms with Crippen molar-refractivity contribution in [2.45, 2.75) is 51.7 Å². The van der Waals surface area contributed by atoms with E-state index in [0.717, 1.165) is 19.6 Å². The minimum atomic E-state index is -3.99. The molecule has 1 N–H and O–H groups in total. The highest BCUT2D eigenvalue weighted by molar-refractivity contribution is 4.78. The maximum atomic E-state index is 12.6. The molecule has 0 aromatic carbocycles. The molecule has 0 aromatic heterocycles. The smallest absolute Gasteiger partial charge is 0.313 e. The average Bonchev–Trinajstić information content (AvgIpc) is 2.27. The lowest BCUT2D eigenvalue weighted by atomic mass is 9.81. The van der Waals surface area contributed by atoms with Crippen LogP contribution in [0.3, 0.4) is 0 Å². The summed E-state index contributed by atoms with van der Waals surface area (Å²) in [5, 5.41) is 3.35. The van der Waals surface area contributed by atoms with Crippen LogP contribution in [0.4, 0.5) is 13.2 Å². The molecule has 0 aliphatic heterocycles. The molecule has 0 unspecified atom stereocenters. The third-order valence-corrected chi connectivity index (χ3v) is 3.93. The van der Waals surface area contributed by atoms with Crippen molar-refractivity contribution in [3.63, 3.8) is 0 Å². The van der Waals surface area contributed by atoms with E-state index in [2.05, 4.69) is 31.1 Å². The van der Waals surface area contributed by atoms with Gasteiger partial charge in [-0.1, -0.05) is 13.8 Å². The first kappa shape index (κ1) is 16.8. The van der Waals surface area contributed by atoms with Gasteiger partial charge in [-0.2, -0.15) is 13.2 Å². The van der Waals surface area contributed by atoms with Crippen LogP contribution < -0.4 is 5.32 Å². The normalized spacial score (nSPS) is 25.3. The fourth-order valence-electron chi connectivity index (χ4n) is 2.75. The first-order valence-corrected chi connectivity index (χ1v) is 7.27. The Morgan fingerprint density at radius 2 is 1.74 bits per heavy atom. The standard InChI is InChI=1S/C14H27F3N2/c1-11(2)18-8-9-19(3)10-12-4-6-13(7-5-12)14(15,16)17/h11-13,18H,4-10H2,1-3H3. The summed E-state index contributed by atoms with van der Waals surface area (Å²) in [4.78, 5) is 2.23. The van der Waals surface area contributed by atoms with E-state index in [9.17, 15) is 13.2 Å². The first-order chi connectivity index (χ1) is 8.79. The van der Waals surface area contributed by atoms with Crippen molar-refractivity contribution in [2.75, 3.05) is 26.7 Å². The third kappa shape index (κ3) is 6.61. The molecule has 0 aromatic rings. The van der Waals surface area contributed by atoms with Crippen molar-refractivity contribution in [3.8, 4) is 0 Å². The largest absolute Gasteiger partial charge is 0.391 e. The maximum Gasteiger partial charge on any atom is 0.391 e. The quantitative estimate of drug-likeness (QED) is 0.803. The number of halogens is 3. The monoisotopic (exact) mass is 280 g/mol. The van der Waals surface area contributed by atoms with Crippen LogP contribution in [0.15, 0.2) is 0 Å². The molecule has 114 valence electrons. The van der Waals surface area contributed by atoms with Gasteiger partial charge < -0.3 is 10.2 Å². The Hall–Kier alpha value is -0.290. The second-order valence-electron chi connectivity index (χ2n) is 6.13. The number of hydrogen-bond donors (Lipinski definition) is 1. The van der Waals surface area contributed by atoms with Gasteiger partial charge in [-0.05, 0) is 38.6 Å². The molecular weight excluding hydrogens is 253 g/mol. The Balaban J connectivity index is 2.18. The molecule has 0 atom stereocenters. The molecule has 1 aliphatic rings. The van der Waals surface area contributed by atoms with Crippen LogP contribution in [-0.2, 0) is 0 Å². The number of alkyl halides is 3. The third-order valence-electron chi connectivity index (χ3n) is 3.93. The Labute approximate surface area is 114 Å². The zero-order valence-corrected chi connectivity index (χ0v) is 12.3. The molecule has 0 spiro atoms. The van der Waals surface area contributed by atoms with E-state index in [1.807, 2.05) is 0 Å². The lowest BCUT2D eigenvalue weighted by molar-refractivity contribution is -0.184.